The first-order chi connectivity index (χ1) is 7.91. The Morgan fingerprint density at radius 3 is 2.59 bits per heavy atom. The van der Waals surface area contributed by atoms with E-state index < -0.39 is 12.0 Å². The van der Waals surface area contributed by atoms with Crippen molar-refractivity contribution in [3.05, 3.63) is 11.6 Å². The zero-order chi connectivity index (χ0) is 13.0. The quantitative estimate of drug-likeness (QED) is 0.734. The molecule has 1 rings (SSSR count). The van der Waals surface area contributed by atoms with Crippen molar-refractivity contribution < 1.29 is 14.7 Å². The molecule has 0 fully saturated rings. The van der Waals surface area contributed by atoms with Gasteiger partial charge in [-0.15, -0.1) is 0 Å². The number of carbonyl (C=O) groups excluding carboxylic acids is 1. The number of carboxylic acids is 1. The summed E-state index contributed by atoms with van der Waals surface area (Å²) in [4.78, 5) is 24.5. The van der Waals surface area contributed by atoms with Gasteiger partial charge in [-0.3, -0.25) is 0 Å². The molecular weight excluding hydrogens is 220 g/mol. The molecule has 0 saturated heterocycles. The van der Waals surface area contributed by atoms with Crippen molar-refractivity contribution in [3.63, 3.8) is 0 Å². The van der Waals surface area contributed by atoms with E-state index in [4.69, 9.17) is 5.11 Å². The van der Waals surface area contributed by atoms with Gasteiger partial charge < -0.3 is 15.3 Å². The molecule has 2 amide bonds. The van der Waals surface area contributed by atoms with Gasteiger partial charge in [-0.2, -0.15) is 0 Å². The van der Waals surface area contributed by atoms with Crippen molar-refractivity contribution >= 4 is 12.0 Å². The molecule has 1 aliphatic heterocycles. The SMILES string of the molecule is CC1=CCCN(C(=O)N[C@@H](C(=O)O)C(C)C)C1. The standard InChI is InChI=1S/C12H20N2O3/c1-8(2)10(11(15)16)13-12(17)14-6-4-5-9(3)7-14/h5,8,10H,4,6-7H2,1-3H3,(H,13,17)(H,15,16)/t10-/m1/s1. The minimum absolute atomic E-state index is 0.127. The first-order valence-corrected chi connectivity index (χ1v) is 5.85. The summed E-state index contributed by atoms with van der Waals surface area (Å²) in [5.74, 6) is -1.12. The van der Waals surface area contributed by atoms with Crippen molar-refractivity contribution in [3.8, 4) is 0 Å². The molecule has 0 aliphatic carbocycles. The maximum atomic E-state index is 11.9. The van der Waals surface area contributed by atoms with E-state index in [0.29, 0.717) is 13.1 Å². The molecule has 0 aromatic carbocycles. The third kappa shape index (κ3) is 3.76. The van der Waals surface area contributed by atoms with Crippen LogP contribution in [0.5, 0.6) is 0 Å². The Balaban J connectivity index is 2.59. The zero-order valence-corrected chi connectivity index (χ0v) is 10.6. The van der Waals surface area contributed by atoms with Crippen LogP contribution in [0.3, 0.4) is 0 Å². The summed E-state index contributed by atoms with van der Waals surface area (Å²) in [7, 11) is 0. The molecule has 0 aromatic heterocycles. The summed E-state index contributed by atoms with van der Waals surface area (Å²) in [6.07, 6.45) is 2.93. The van der Waals surface area contributed by atoms with E-state index in [2.05, 4.69) is 11.4 Å². The molecule has 96 valence electrons. The van der Waals surface area contributed by atoms with Crippen LogP contribution in [0.1, 0.15) is 27.2 Å². The van der Waals surface area contributed by atoms with Crippen molar-refractivity contribution in [2.24, 2.45) is 5.92 Å². The van der Waals surface area contributed by atoms with Gasteiger partial charge in [-0.25, -0.2) is 9.59 Å². The smallest absolute Gasteiger partial charge is 0.326 e. The summed E-state index contributed by atoms with van der Waals surface area (Å²) in [6.45, 7) is 6.75. The van der Waals surface area contributed by atoms with E-state index in [1.165, 1.54) is 0 Å². The lowest BCUT2D eigenvalue weighted by Crippen LogP contribution is -2.51. The van der Waals surface area contributed by atoms with E-state index in [-0.39, 0.29) is 11.9 Å². The van der Waals surface area contributed by atoms with Gasteiger partial charge in [0.05, 0.1) is 0 Å². The largest absolute Gasteiger partial charge is 0.480 e. The number of amides is 2. The molecule has 1 aliphatic rings. The third-order valence-electron chi connectivity index (χ3n) is 2.83. The van der Waals surface area contributed by atoms with Gasteiger partial charge in [-0.1, -0.05) is 25.5 Å². The molecule has 17 heavy (non-hydrogen) atoms. The number of rotatable bonds is 3. The number of aliphatic carboxylic acids is 1. The molecule has 5 heteroatoms. The van der Waals surface area contributed by atoms with Gasteiger partial charge in [0.2, 0.25) is 0 Å². The Kier molecular flexibility index (Phi) is 4.54. The fourth-order valence-electron chi connectivity index (χ4n) is 1.82. The minimum atomic E-state index is -0.988. The Morgan fingerprint density at radius 1 is 1.47 bits per heavy atom. The highest BCUT2D eigenvalue weighted by Crippen LogP contribution is 2.10. The van der Waals surface area contributed by atoms with Crippen LogP contribution in [-0.2, 0) is 4.79 Å². The first kappa shape index (κ1) is 13.5. The first-order valence-electron chi connectivity index (χ1n) is 5.85. The summed E-state index contributed by atoms with van der Waals surface area (Å²) >= 11 is 0. The molecule has 5 nitrogen and oxygen atoms in total. The molecule has 0 radical (unpaired) electrons. The molecule has 1 heterocycles. The van der Waals surface area contributed by atoms with Crippen LogP contribution in [0.15, 0.2) is 11.6 Å². The van der Waals surface area contributed by atoms with Crippen LogP contribution in [0.2, 0.25) is 0 Å². The summed E-state index contributed by atoms with van der Waals surface area (Å²) in [6, 6.07) is -1.12. The molecule has 0 saturated carbocycles. The van der Waals surface area contributed by atoms with Crippen LogP contribution in [-0.4, -0.2) is 41.1 Å². The monoisotopic (exact) mass is 240 g/mol. The maximum absolute atomic E-state index is 11.9. The molecule has 1 atom stereocenters. The number of nitrogens with zero attached hydrogens (tertiary/aromatic N) is 1. The number of urea groups is 1. The second-order valence-corrected chi connectivity index (χ2v) is 4.77. The van der Waals surface area contributed by atoms with Gasteiger partial charge in [0.1, 0.15) is 6.04 Å². The Hall–Kier alpha value is -1.52. The molecule has 0 aromatic rings. The van der Waals surface area contributed by atoms with Crippen LogP contribution >= 0.6 is 0 Å². The van der Waals surface area contributed by atoms with Gasteiger partial charge in [0.25, 0.3) is 0 Å². The number of carbonyl (C=O) groups is 2. The molecule has 0 spiro atoms. The topological polar surface area (TPSA) is 69.6 Å². The average Bonchev–Trinajstić information content (AvgIpc) is 2.24. The Bertz CT molecular complexity index is 337. The highest BCUT2D eigenvalue weighted by atomic mass is 16.4. The lowest BCUT2D eigenvalue weighted by molar-refractivity contribution is -0.140. The lowest BCUT2D eigenvalue weighted by Gasteiger charge is -2.28. The second-order valence-electron chi connectivity index (χ2n) is 4.77. The second kappa shape index (κ2) is 5.70. The highest BCUT2D eigenvalue weighted by Gasteiger charge is 2.26. The van der Waals surface area contributed by atoms with E-state index in [9.17, 15) is 9.59 Å². The fraction of sp³-hybridized carbons (Fsp3) is 0.667. The van der Waals surface area contributed by atoms with Crippen molar-refractivity contribution in [2.75, 3.05) is 13.1 Å². The number of hydrogen-bond acceptors (Lipinski definition) is 2. The van der Waals surface area contributed by atoms with Gasteiger partial charge in [-0.05, 0) is 19.3 Å². The predicted octanol–water partition coefficient (Wildman–Crippen LogP) is 1.46. The van der Waals surface area contributed by atoms with Gasteiger partial charge in [0, 0.05) is 13.1 Å². The van der Waals surface area contributed by atoms with Crippen molar-refractivity contribution in [1.29, 1.82) is 0 Å². The Labute approximate surface area is 101 Å². The molecule has 2 N–H and O–H groups in total. The predicted molar refractivity (Wildman–Crippen MR) is 64.7 cm³/mol. The highest BCUT2D eigenvalue weighted by molar-refractivity contribution is 5.83. The van der Waals surface area contributed by atoms with Crippen LogP contribution in [0, 0.1) is 5.92 Å². The molecule has 0 bridgehead atoms. The fourth-order valence-corrected chi connectivity index (χ4v) is 1.82. The average molecular weight is 240 g/mol. The van der Waals surface area contributed by atoms with Crippen LogP contribution < -0.4 is 5.32 Å². The summed E-state index contributed by atoms with van der Waals surface area (Å²) in [5.41, 5.74) is 1.14. The van der Waals surface area contributed by atoms with Gasteiger partial charge >= 0.3 is 12.0 Å². The third-order valence-corrected chi connectivity index (χ3v) is 2.83. The van der Waals surface area contributed by atoms with Crippen LogP contribution in [0.25, 0.3) is 0 Å². The number of nitrogens with one attached hydrogen (secondary N) is 1. The maximum Gasteiger partial charge on any atom is 0.326 e. The van der Waals surface area contributed by atoms with E-state index in [1.54, 1.807) is 18.7 Å². The van der Waals surface area contributed by atoms with E-state index in [1.807, 2.05) is 6.92 Å². The van der Waals surface area contributed by atoms with Crippen molar-refractivity contribution in [2.45, 2.75) is 33.2 Å². The Morgan fingerprint density at radius 2 is 2.12 bits per heavy atom. The van der Waals surface area contributed by atoms with E-state index >= 15 is 0 Å². The van der Waals surface area contributed by atoms with Crippen LogP contribution in [0.4, 0.5) is 4.79 Å². The molecule has 0 unspecified atom stereocenters. The van der Waals surface area contributed by atoms with E-state index in [0.717, 1.165) is 12.0 Å². The summed E-state index contributed by atoms with van der Waals surface area (Å²) in [5, 5.41) is 11.6. The number of hydrogen-bond donors (Lipinski definition) is 2. The lowest BCUT2D eigenvalue weighted by atomic mass is 10.1. The minimum Gasteiger partial charge on any atom is -0.480 e. The van der Waals surface area contributed by atoms with Gasteiger partial charge in [0.15, 0.2) is 0 Å². The summed E-state index contributed by atoms with van der Waals surface area (Å²) < 4.78 is 0. The van der Waals surface area contributed by atoms with Crippen molar-refractivity contribution in [1.82, 2.24) is 10.2 Å². The normalized spacial score (nSPS) is 17.6. The number of carboxylic acid groups (broad SMARTS) is 1. The zero-order valence-electron chi connectivity index (χ0n) is 10.6. The molecular formula is C12H20N2O3.